The van der Waals surface area contributed by atoms with Crippen molar-refractivity contribution in [3.05, 3.63) is 35.6 Å². The van der Waals surface area contributed by atoms with Crippen LogP contribution in [0.25, 0.3) is 0 Å². The van der Waals surface area contributed by atoms with E-state index in [0.717, 1.165) is 18.5 Å². The first-order valence-corrected chi connectivity index (χ1v) is 7.27. The zero-order valence-corrected chi connectivity index (χ0v) is 13.0. The highest BCUT2D eigenvalue weighted by Gasteiger charge is 2.27. The molecule has 0 aromatic heterocycles. The number of halogens is 1. The van der Waals surface area contributed by atoms with E-state index in [-0.39, 0.29) is 17.9 Å². The fraction of sp³-hybridized carbons (Fsp3) is 0.625. The quantitative estimate of drug-likeness (QED) is 0.796. The highest BCUT2D eigenvalue weighted by molar-refractivity contribution is 5.22. The maximum Gasteiger partial charge on any atom is 0.123 e. The second-order valence-corrected chi connectivity index (χ2v) is 5.39. The van der Waals surface area contributed by atoms with Crippen LogP contribution in [0.1, 0.15) is 38.8 Å². The fourth-order valence-electron chi connectivity index (χ4n) is 2.48. The van der Waals surface area contributed by atoms with Crippen molar-refractivity contribution in [3.8, 4) is 0 Å². The zero-order valence-electron chi connectivity index (χ0n) is 13.0. The Morgan fingerprint density at radius 3 is 2.30 bits per heavy atom. The van der Waals surface area contributed by atoms with Gasteiger partial charge < -0.3 is 10.5 Å². The van der Waals surface area contributed by atoms with Crippen LogP contribution in [0.4, 0.5) is 4.39 Å². The average Bonchev–Trinajstić information content (AvgIpc) is 2.43. The molecule has 2 atom stereocenters. The van der Waals surface area contributed by atoms with Crippen molar-refractivity contribution in [2.75, 3.05) is 20.3 Å². The molecule has 0 aliphatic carbocycles. The third-order valence-electron chi connectivity index (χ3n) is 3.66. The van der Waals surface area contributed by atoms with Gasteiger partial charge in [-0.1, -0.05) is 19.1 Å². The first kappa shape index (κ1) is 17.1. The SMILES string of the molecule is CCC(N)C(c1ccc(F)cc1)N(CCOC)C(C)C. The monoisotopic (exact) mass is 282 g/mol. The Kier molecular flexibility index (Phi) is 7.13. The fourth-order valence-corrected chi connectivity index (χ4v) is 2.48. The number of ether oxygens (including phenoxy) is 1. The van der Waals surface area contributed by atoms with E-state index >= 15 is 0 Å². The van der Waals surface area contributed by atoms with Gasteiger partial charge in [-0.2, -0.15) is 0 Å². The van der Waals surface area contributed by atoms with Gasteiger partial charge in [-0.25, -0.2) is 4.39 Å². The highest BCUT2D eigenvalue weighted by Crippen LogP contribution is 2.27. The predicted molar refractivity (Wildman–Crippen MR) is 81.1 cm³/mol. The molecule has 1 aromatic rings. The summed E-state index contributed by atoms with van der Waals surface area (Å²) >= 11 is 0. The molecule has 1 rings (SSSR count). The average molecular weight is 282 g/mol. The summed E-state index contributed by atoms with van der Waals surface area (Å²) in [7, 11) is 1.70. The third-order valence-corrected chi connectivity index (χ3v) is 3.66. The van der Waals surface area contributed by atoms with E-state index in [1.165, 1.54) is 12.1 Å². The molecule has 0 fully saturated rings. The summed E-state index contributed by atoms with van der Waals surface area (Å²) in [4.78, 5) is 2.32. The van der Waals surface area contributed by atoms with Crippen LogP contribution in [0, 0.1) is 5.82 Å². The lowest BCUT2D eigenvalue weighted by Crippen LogP contribution is -2.45. The molecule has 4 heteroatoms. The summed E-state index contributed by atoms with van der Waals surface area (Å²) in [6, 6.07) is 7.10. The van der Waals surface area contributed by atoms with Gasteiger partial charge in [0.15, 0.2) is 0 Å². The van der Waals surface area contributed by atoms with Crippen LogP contribution in [-0.2, 0) is 4.74 Å². The molecule has 0 radical (unpaired) electrons. The van der Waals surface area contributed by atoms with Gasteiger partial charge in [0.25, 0.3) is 0 Å². The molecule has 0 bridgehead atoms. The zero-order chi connectivity index (χ0) is 15.1. The number of hydrogen-bond donors (Lipinski definition) is 1. The van der Waals surface area contributed by atoms with Crippen LogP contribution in [0.5, 0.6) is 0 Å². The lowest BCUT2D eigenvalue weighted by molar-refractivity contribution is 0.0831. The van der Waals surface area contributed by atoms with Crippen molar-refractivity contribution in [1.29, 1.82) is 0 Å². The van der Waals surface area contributed by atoms with Gasteiger partial charge >= 0.3 is 0 Å². The number of nitrogens with two attached hydrogens (primary N) is 1. The van der Waals surface area contributed by atoms with Crippen molar-refractivity contribution >= 4 is 0 Å². The summed E-state index contributed by atoms with van der Waals surface area (Å²) < 4.78 is 18.3. The van der Waals surface area contributed by atoms with Crippen LogP contribution >= 0.6 is 0 Å². The van der Waals surface area contributed by atoms with E-state index in [4.69, 9.17) is 10.5 Å². The second-order valence-electron chi connectivity index (χ2n) is 5.39. The molecular formula is C16H27FN2O. The van der Waals surface area contributed by atoms with E-state index in [2.05, 4.69) is 25.7 Å². The Morgan fingerprint density at radius 2 is 1.85 bits per heavy atom. The lowest BCUT2D eigenvalue weighted by Gasteiger charge is -2.38. The van der Waals surface area contributed by atoms with Crippen molar-refractivity contribution in [1.82, 2.24) is 4.90 Å². The Balaban J connectivity index is 3.05. The molecule has 2 N–H and O–H groups in total. The summed E-state index contributed by atoms with van der Waals surface area (Å²) in [5.74, 6) is -0.217. The van der Waals surface area contributed by atoms with Crippen LogP contribution < -0.4 is 5.73 Å². The van der Waals surface area contributed by atoms with Gasteiger partial charge in [0, 0.05) is 25.7 Å². The van der Waals surface area contributed by atoms with E-state index < -0.39 is 0 Å². The second kappa shape index (κ2) is 8.35. The smallest absolute Gasteiger partial charge is 0.123 e. The van der Waals surface area contributed by atoms with Gasteiger partial charge in [-0.3, -0.25) is 4.90 Å². The molecule has 0 aliphatic heterocycles. The molecule has 114 valence electrons. The standard InChI is InChI=1S/C16H27FN2O/c1-5-15(18)16(13-6-8-14(17)9-7-13)19(12(2)3)10-11-20-4/h6-9,12,15-16H,5,10-11,18H2,1-4H3. The predicted octanol–water partition coefficient (Wildman–Crippen LogP) is 2.96. The Bertz CT molecular complexity index is 381. The highest BCUT2D eigenvalue weighted by atomic mass is 19.1. The van der Waals surface area contributed by atoms with Gasteiger partial charge in [-0.05, 0) is 38.0 Å². The molecule has 3 nitrogen and oxygen atoms in total. The molecule has 0 amide bonds. The molecule has 0 spiro atoms. The van der Waals surface area contributed by atoms with Gasteiger partial charge in [0.2, 0.25) is 0 Å². The maximum atomic E-state index is 13.1. The Hall–Kier alpha value is -0.970. The number of nitrogens with zero attached hydrogens (tertiary/aromatic N) is 1. The Labute approximate surface area is 121 Å². The first-order chi connectivity index (χ1) is 9.51. The molecule has 0 aliphatic rings. The number of hydrogen-bond acceptors (Lipinski definition) is 3. The van der Waals surface area contributed by atoms with E-state index in [9.17, 15) is 4.39 Å². The summed E-state index contributed by atoms with van der Waals surface area (Å²) in [6.07, 6.45) is 0.873. The normalized spacial score (nSPS) is 14.8. The Morgan fingerprint density at radius 1 is 1.25 bits per heavy atom. The van der Waals surface area contributed by atoms with Crippen molar-refractivity contribution in [2.24, 2.45) is 5.73 Å². The topological polar surface area (TPSA) is 38.5 Å². The minimum atomic E-state index is -0.217. The molecule has 0 saturated carbocycles. The number of methoxy groups -OCH3 is 1. The van der Waals surface area contributed by atoms with Gasteiger partial charge in [0.05, 0.1) is 12.6 Å². The minimum Gasteiger partial charge on any atom is -0.383 e. The van der Waals surface area contributed by atoms with E-state index in [0.29, 0.717) is 12.6 Å². The van der Waals surface area contributed by atoms with Gasteiger partial charge in [-0.15, -0.1) is 0 Å². The van der Waals surface area contributed by atoms with Crippen LogP contribution in [0.15, 0.2) is 24.3 Å². The summed E-state index contributed by atoms with van der Waals surface area (Å²) in [5.41, 5.74) is 7.38. The minimum absolute atomic E-state index is 0.0136. The molecule has 20 heavy (non-hydrogen) atoms. The third kappa shape index (κ3) is 4.54. The van der Waals surface area contributed by atoms with E-state index in [1.54, 1.807) is 7.11 Å². The summed E-state index contributed by atoms with van der Waals surface area (Å²) in [6.45, 7) is 7.84. The number of benzene rings is 1. The van der Waals surface area contributed by atoms with Crippen molar-refractivity contribution in [2.45, 2.75) is 45.3 Å². The lowest BCUT2D eigenvalue weighted by atomic mass is 9.95. The molecule has 1 aromatic carbocycles. The largest absolute Gasteiger partial charge is 0.383 e. The maximum absolute atomic E-state index is 13.1. The van der Waals surface area contributed by atoms with Gasteiger partial charge in [0.1, 0.15) is 5.82 Å². The first-order valence-electron chi connectivity index (χ1n) is 7.27. The van der Waals surface area contributed by atoms with Crippen molar-refractivity contribution < 1.29 is 9.13 Å². The molecule has 0 saturated heterocycles. The molecule has 2 unspecified atom stereocenters. The van der Waals surface area contributed by atoms with E-state index in [1.807, 2.05) is 12.1 Å². The van der Waals surface area contributed by atoms with Crippen LogP contribution in [0.2, 0.25) is 0 Å². The molecule has 0 heterocycles. The van der Waals surface area contributed by atoms with Crippen LogP contribution in [-0.4, -0.2) is 37.2 Å². The summed E-state index contributed by atoms with van der Waals surface area (Å²) in [5, 5.41) is 0. The van der Waals surface area contributed by atoms with Crippen molar-refractivity contribution in [3.63, 3.8) is 0 Å². The molecular weight excluding hydrogens is 255 g/mol. The van der Waals surface area contributed by atoms with Crippen LogP contribution in [0.3, 0.4) is 0 Å². The number of rotatable bonds is 8.